The molecule has 0 saturated carbocycles. The van der Waals surface area contributed by atoms with Crippen LogP contribution in [0.2, 0.25) is 0 Å². The highest BCUT2D eigenvalue weighted by molar-refractivity contribution is 7.11. The van der Waals surface area contributed by atoms with E-state index in [1.807, 2.05) is 0 Å². The summed E-state index contributed by atoms with van der Waals surface area (Å²) in [5, 5.41) is 2.92. The molecular weight excluding hydrogens is 232 g/mol. The van der Waals surface area contributed by atoms with Crippen molar-refractivity contribution < 1.29 is 4.79 Å². The quantitative estimate of drug-likeness (QED) is 0.785. The van der Waals surface area contributed by atoms with Crippen molar-refractivity contribution in [3.63, 3.8) is 0 Å². The summed E-state index contributed by atoms with van der Waals surface area (Å²) in [6.45, 7) is 4.84. The first kappa shape index (κ1) is 14.2. The largest absolute Gasteiger partial charge is 0.351 e. The summed E-state index contributed by atoms with van der Waals surface area (Å²) in [6.07, 6.45) is 3.42. The summed E-state index contributed by atoms with van der Waals surface area (Å²) < 4.78 is 0. The molecule has 0 saturated heterocycles. The van der Waals surface area contributed by atoms with Crippen molar-refractivity contribution in [3.05, 3.63) is 21.9 Å². The molecule has 3 N–H and O–H groups in total. The first-order valence-corrected chi connectivity index (χ1v) is 7.07. The van der Waals surface area contributed by atoms with Gasteiger partial charge >= 0.3 is 0 Å². The van der Waals surface area contributed by atoms with E-state index in [4.69, 9.17) is 5.73 Å². The molecule has 1 aromatic heterocycles. The fraction of sp³-hybridized carbons (Fsp3) is 0.615. The molecule has 1 atom stereocenters. The number of hydrogen-bond acceptors (Lipinski definition) is 3. The molecule has 17 heavy (non-hydrogen) atoms. The smallest absolute Gasteiger partial charge is 0.221 e. The maximum atomic E-state index is 11.6. The van der Waals surface area contributed by atoms with Gasteiger partial charge in [0.15, 0.2) is 0 Å². The second-order valence-electron chi connectivity index (χ2n) is 4.25. The lowest BCUT2D eigenvalue weighted by molar-refractivity contribution is -0.121. The zero-order valence-electron chi connectivity index (χ0n) is 10.7. The van der Waals surface area contributed by atoms with Crippen molar-refractivity contribution in [2.45, 2.75) is 52.1 Å². The second kappa shape index (κ2) is 7.45. The maximum absolute atomic E-state index is 11.6. The van der Waals surface area contributed by atoms with Crippen LogP contribution in [0, 0.1) is 0 Å². The Morgan fingerprint density at radius 2 is 2.12 bits per heavy atom. The highest BCUT2D eigenvalue weighted by atomic mass is 32.1. The van der Waals surface area contributed by atoms with Gasteiger partial charge in [0.2, 0.25) is 5.91 Å². The van der Waals surface area contributed by atoms with E-state index in [1.54, 1.807) is 11.3 Å². The minimum atomic E-state index is -0.00506. The monoisotopic (exact) mass is 254 g/mol. The first-order valence-electron chi connectivity index (χ1n) is 6.25. The van der Waals surface area contributed by atoms with Crippen LogP contribution in [0.15, 0.2) is 12.1 Å². The average molecular weight is 254 g/mol. The molecule has 0 aliphatic rings. The van der Waals surface area contributed by atoms with Crippen molar-refractivity contribution in [2.24, 2.45) is 5.73 Å². The van der Waals surface area contributed by atoms with E-state index in [9.17, 15) is 4.79 Å². The molecule has 1 unspecified atom stereocenters. The van der Waals surface area contributed by atoms with Gasteiger partial charge in [-0.05, 0) is 25.0 Å². The highest BCUT2D eigenvalue weighted by Gasteiger charge is 2.08. The first-order chi connectivity index (χ1) is 8.15. The number of aryl methyl sites for hydroxylation is 1. The molecule has 3 nitrogen and oxygen atoms in total. The Kier molecular flexibility index (Phi) is 6.22. The number of hydrogen-bond donors (Lipinski definition) is 2. The van der Waals surface area contributed by atoms with Crippen LogP contribution in [-0.2, 0) is 17.8 Å². The molecule has 1 rings (SSSR count). The van der Waals surface area contributed by atoms with Crippen LogP contribution in [0.1, 0.15) is 42.9 Å². The summed E-state index contributed by atoms with van der Waals surface area (Å²) in [4.78, 5) is 14.2. The number of nitrogens with one attached hydrogen (secondary N) is 1. The lowest BCUT2D eigenvalue weighted by Gasteiger charge is -2.09. The van der Waals surface area contributed by atoms with Crippen LogP contribution in [-0.4, -0.2) is 11.9 Å². The molecule has 0 radical (unpaired) electrons. The molecule has 0 aliphatic carbocycles. The maximum Gasteiger partial charge on any atom is 0.221 e. The molecule has 0 fully saturated rings. The minimum absolute atomic E-state index is 0.00506. The van der Waals surface area contributed by atoms with Gasteiger partial charge < -0.3 is 11.1 Å². The highest BCUT2D eigenvalue weighted by Crippen LogP contribution is 2.16. The SMILES string of the molecule is CCCC(N)CC(=O)NCc1ccc(CC)s1. The van der Waals surface area contributed by atoms with Crippen LogP contribution < -0.4 is 11.1 Å². The van der Waals surface area contributed by atoms with Crippen LogP contribution >= 0.6 is 11.3 Å². The molecule has 96 valence electrons. The van der Waals surface area contributed by atoms with E-state index >= 15 is 0 Å². The molecule has 0 aliphatic heterocycles. The molecular formula is C13H22N2OS. The topological polar surface area (TPSA) is 55.1 Å². The standard InChI is InChI=1S/C13H22N2OS/c1-3-5-10(14)8-13(16)15-9-12-7-6-11(4-2)17-12/h6-7,10H,3-5,8-9,14H2,1-2H3,(H,15,16). The molecule has 0 bridgehead atoms. The zero-order valence-corrected chi connectivity index (χ0v) is 11.5. The summed E-state index contributed by atoms with van der Waals surface area (Å²) >= 11 is 1.76. The van der Waals surface area contributed by atoms with E-state index in [0.717, 1.165) is 19.3 Å². The Labute approximate surface area is 107 Å². The van der Waals surface area contributed by atoms with Crippen LogP contribution in [0.4, 0.5) is 0 Å². The van der Waals surface area contributed by atoms with Crippen LogP contribution in [0.5, 0.6) is 0 Å². The number of rotatable bonds is 7. The van der Waals surface area contributed by atoms with E-state index in [0.29, 0.717) is 13.0 Å². The van der Waals surface area contributed by atoms with Gasteiger partial charge in [0.1, 0.15) is 0 Å². The third kappa shape index (κ3) is 5.33. The summed E-state index contributed by atoms with van der Waals surface area (Å²) in [6, 6.07) is 4.19. The molecule has 1 heterocycles. The van der Waals surface area contributed by atoms with E-state index in [-0.39, 0.29) is 11.9 Å². The lowest BCUT2D eigenvalue weighted by atomic mass is 10.1. The number of thiophene rings is 1. The predicted molar refractivity (Wildman–Crippen MR) is 73.0 cm³/mol. The fourth-order valence-corrected chi connectivity index (χ4v) is 2.57. The number of nitrogens with two attached hydrogens (primary N) is 1. The Morgan fingerprint density at radius 3 is 2.71 bits per heavy atom. The summed E-state index contributed by atoms with van der Waals surface area (Å²) in [7, 11) is 0. The minimum Gasteiger partial charge on any atom is -0.351 e. The fourth-order valence-electron chi connectivity index (χ4n) is 1.68. The number of carbonyl (C=O) groups is 1. The van der Waals surface area contributed by atoms with Crippen molar-refractivity contribution in [1.82, 2.24) is 5.32 Å². The van der Waals surface area contributed by atoms with Crippen molar-refractivity contribution in [3.8, 4) is 0 Å². The van der Waals surface area contributed by atoms with Gasteiger partial charge in [0, 0.05) is 22.2 Å². The van der Waals surface area contributed by atoms with Crippen molar-refractivity contribution in [1.29, 1.82) is 0 Å². The van der Waals surface area contributed by atoms with Gasteiger partial charge in [-0.1, -0.05) is 20.3 Å². The van der Waals surface area contributed by atoms with Gasteiger partial charge in [-0.25, -0.2) is 0 Å². The normalized spacial score (nSPS) is 12.4. The molecule has 1 amide bonds. The lowest BCUT2D eigenvalue weighted by Crippen LogP contribution is -2.31. The van der Waals surface area contributed by atoms with E-state index in [1.165, 1.54) is 9.75 Å². The molecule has 0 spiro atoms. The van der Waals surface area contributed by atoms with Gasteiger partial charge in [-0.15, -0.1) is 11.3 Å². The van der Waals surface area contributed by atoms with Gasteiger partial charge in [0.25, 0.3) is 0 Å². The van der Waals surface area contributed by atoms with Crippen LogP contribution in [0.3, 0.4) is 0 Å². The molecule has 0 aromatic carbocycles. The Balaban J connectivity index is 2.27. The van der Waals surface area contributed by atoms with E-state index < -0.39 is 0 Å². The summed E-state index contributed by atoms with van der Waals surface area (Å²) in [5.74, 6) is 0.0531. The molecule has 1 aromatic rings. The third-order valence-electron chi connectivity index (χ3n) is 2.63. The Morgan fingerprint density at radius 1 is 1.41 bits per heavy atom. The van der Waals surface area contributed by atoms with Crippen molar-refractivity contribution in [2.75, 3.05) is 0 Å². The Hall–Kier alpha value is -0.870. The zero-order chi connectivity index (χ0) is 12.7. The van der Waals surface area contributed by atoms with Crippen LogP contribution in [0.25, 0.3) is 0 Å². The predicted octanol–water partition coefficient (Wildman–Crippen LogP) is 2.44. The van der Waals surface area contributed by atoms with E-state index in [2.05, 4.69) is 31.3 Å². The number of carbonyl (C=O) groups excluding carboxylic acids is 1. The van der Waals surface area contributed by atoms with Crippen molar-refractivity contribution >= 4 is 17.2 Å². The number of amides is 1. The van der Waals surface area contributed by atoms with Gasteiger partial charge in [-0.3, -0.25) is 4.79 Å². The van der Waals surface area contributed by atoms with Gasteiger partial charge in [0.05, 0.1) is 6.54 Å². The average Bonchev–Trinajstić information content (AvgIpc) is 2.74. The third-order valence-corrected chi connectivity index (χ3v) is 3.86. The summed E-state index contributed by atoms with van der Waals surface area (Å²) in [5.41, 5.74) is 5.82. The Bertz CT molecular complexity index is 349. The molecule has 4 heteroatoms. The van der Waals surface area contributed by atoms with Gasteiger partial charge in [-0.2, -0.15) is 0 Å². The second-order valence-corrected chi connectivity index (χ2v) is 5.50.